The van der Waals surface area contributed by atoms with Crippen molar-refractivity contribution in [2.75, 3.05) is 26.2 Å². The molecule has 7 nitrogen and oxygen atoms in total. The highest BCUT2D eigenvalue weighted by Gasteiger charge is 2.21. The molecule has 2 heterocycles. The Balaban J connectivity index is 1.47. The van der Waals surface area contributed by atoms with E-state index in [1.165, 1.54) is 0 Å². The second-order valence-electron chi connectivity index (χ2n) is 6.77. The van der Waals surface area contributed by atoms with Crippen molar-refractivity contribution < 1.29 is 14.1 Å². The molecular weight excluding hydrogens is 356 g/mol. The zero-order valence-corrected chi connectivity index (χ0v) is 16.2. The van der Waals surface area contributed by atoms with Gasteiger partial charge in [0.25, 0.3) is 5.89 Å². The number of aryl methyl sites for hydroxylation is 1. The van der Waals surface area contributed by atoms with E-state index in [4.69, 9.17) is 15.7 Å². The van der Waals surface area contributed by atoms with Gasteiger partial charge >= 0.3 is 6.03 Å². The fourth-order valence-electron chi connectivity index (χ4n) is 3.12. The van der Waals surface area contributed by atoms with Gasteiger partial charge in [-0.15, -0.1) is 6.42 Å². The molecule has 0 bridgehead atoms. The number of nitrogens with zero attached hydrogens (tertiary/aromatic N) is 3. The Kier molecular flexibility index (Phi) is 7.04. The first-order chi connectivity index (χ1) is 13.7. The zero-order valence-electron chi connectivity index (χ0n) is 16.2. The summed E-state index contributed by atoms with van der Waals surface area (Å²) in [4.78, 5) is 18.4. The Labute approximate surface area is 165 Å². The summed E-state index contributed by atoms with van der Waals surface area (Å²) in [7, 11) is 0. The molecular formula is C21H26N4O3. The van der Waals surface area contributed by atoms with E-state index in [0.29, 0.717) is 24.8 Å². The van der Waals surface area contributed by atoms with Gasteiger partial charge in [-0.2, -0.15) is 4.98 Å². The average molecular weight is 382 g/mol. The van der Waals surface area contributed by atoms with Gasteiger partial charge in [-0.05, 0) is 37.0 Å². The molecule has 3 rings (SSSR count). The predicted octanol–water partition coefficient (Wildman–Crippen LogP) is 2.67. The Hall–Kier alpha value is -2.85. The van der Waals surface area contributed by atoms with Gasteiger partial charge in [0.05, 0.1) is 12.6 Å². The molecule has 1 aliphatic heterocycles. The largest absolute Gasteiger partial charge is 0.376 e. The van der Waals surface area contributed by atoms with E-state index < -0.39 is 0 Å². The number of terminal acetylenes is 1. The third-order valence-electron chi connectivity index (χ3n) is 4.69. The predicted molar refractivity (Wildman–Crippen MR) is 106 cm³/mol. The first-order valence-corrected chi connectivity index (χ1v) is 9.69. The Bertz CT molecular complexity index is 804. The molecule has 28 heavy (non-hydrogen) atoms. The number of carbonyl (C=O) groups is 1. The van der Waals surface area contributed by atoms with Gasteiger partial charge in [-0.25, -0.2) is 4.79 Å². The van der Waals surface area contributed by atoms with Gasteiger partial charge in [0, 0.05) is 31.7 Å². The molecule has 1 saturated heterocycles. The quantitative estimate of drug-likeness (QED) is 0.710. The monoisotopic (exact) mass is 382 g/mol. The maximum absolute atomic E-state index is 12.4. The number of rotatable bonds is 8. The number of amides is 2. The maximum Gasteiger partial charge on any atom is 0.318 e. The number of urea groups is 1. The first kappa shape index (κ1) is 19.9. The highest BCUT2D eigenvalue weighted by atomic mass is 16.5. The molecule has 1 aromatic carbocycles. The van der Waals surface area contributed by atoms with E-state index in [2.05, 4.69) is 21.4 Å². The van der Waals surface area contributed by atoms with Crippen molar-refractivity contribution in [2.24, 2.45) is 0 Å². The highest BCUT2D eigenvalue weighted by molar-refractivity contribution is 5.74. The van der Waals surface area contributed by atoms with Crippen LogP contribution in [-0.4, -0.2) is 53.4 Å². The van der Waals surface area contributed by atoms with Crippen LogP contribution in [0.5, 0.6) is 0 Å². The number of hydrogen-bond donors (Lipinski definition) is 1. The van der Waals surface area contributed by atoms with E-state index in [1.807, 2.05) is 31.2 Å². The normalized spacial score (nSPS) is 15.9. The lowest BCUT2D eigenvalue weighted by molar-refractivity contribution is 0.0846. The Morgan fingerprint density at radius 2 is 2.21 bits per heavy atom. The first-order valence-electron chi connectivity index (χ1n) is 9.69. The van der Waals surface area contributed by atoms with E-state index >= 15 is 0 Å². The maximum atomic E-state index is 12.4. The fourth-order valence-corrected chi connectivity index (χ4v) is 3.12. The van der Waals surface area contributed by atoms with E-state index in [0.717, 1.165) is 43.4 Å². The van der Waals surface area contributed by atoms with Gasteiger partial charge in [-0.3, -0.25) is 0 Å². The van der Waals surface area contributed by atoms with Crippen LogP contribution in [0.1, 0.15) is 31.2 Å². The van der Waals surface area contributed by atoms with Crippen LogP contribution in [0.15, 0.2) is 28.8 Å². The molecule has 7 heteroatoms. The third kappa shape index (κ3) is 5.33. The molecule has 2 amide bonds. The van der Waals surface area contributed by atoms with E-state index in [1.54, 1.807) is 4.90 Å². The minimum absolute atomic E-state index is 0.0876. The topological polar surface area (TPSA) is 80.5 Å². The Morgan fingerprint density at radius 3 is 2.86 bits per heavy atom. The lowest BCUT2D eigenvalue weighted by Gasteiger charge is -2.23. The van der Waals surface area contributed by atoms with Crippen LogP contribution >= 0.6 is 0 Å². The summed E-state index contributed by atoms with van der Waals surface area (Å²) in [6.07, 6.45) is 8.96. The average Bonchev–Trinajstić information content (AvgIpc) is 3.40. The van der Waals surface area contributed by atoms with Crippen LogP contribution < -0.4 is 5.32 Å². The van der Waals surface area contributed by atoms with Crippen molar-refractivity contribution in [3.63, 3.8) is 0 Å². The minimum atomic E-state index is -0.150. The van der Waals surface area contributed by atoms with Gasteiger partial charge < -0.3 is 19.5 Å². The lowest BCUT2D eigenvalue weighted by Crippen LogP contribution is -2.44. The standard InChI is InChI=1S/C21H26N4O3/c1-3-13-25(15-18-6-5-14-27-18)21(26)22-12-11-16-7-9-17(10-8-16)20-23-19(4-2)24-28-20/h1,7-10,18H,4-6,11-15H2,2H3,(H,22,26)/t18-/m1/s1. The van der Waals surface area contributed by atoms with Crippen LogP contribution in [0.3, 0.4) is 0 Å². The molecule has 0 saturated carbocycles. The molecule has 0 unspecified atom stereocenters. The molecule has 1 atom stereocenters. The van der Waals surface area contributed by atoms with Crippen molar-refractivity contribution in [3.05, 3.63) is 35.7 Å². The number of carbonyl (C=O) groups excluding carboxylic acids is 1. The van der Waals surface area contributed by atoms with Gasteiger partial charge in [0.15, 0.2) is 5.82 Å². The van der Waals surface area contributed by atoms with Crippen LogP contribution in [0.25, 0.3) is 11.5 Å². The summed E-state index contributed by atoms with van der Waals surface area (Å²) in [6.45, 7) is 4.09. The van der Waals surface area contributed by atoms with Crippen molar-refractivity contribution in [1.29, 1.82) is 0 Å². The van der Waals surface area contributed by atoms with Crippen molar-refractivity contribution >= 4 is 6.03 Å². The lowest BCUT2D eigenvalue weighted by atomic mass is 10.1. The van der Waals surface area contributed by atoms with Crippen molar-refractivity contribution in [3.8, 4) is 23.8 Å². The molecule has 0 spiro atoms. The Morgan fingerprint density at radius 1 is 1.39 bits per heavy atom. The number of aromatic nitrogens is 2. The third-order valence-corrected chi connectivity index (χ3v) is 4.69. The summed E-state index contributed by atoms with van der Waals surface area (Å²) < 4.78 is 10.9. The fraction of sp³-hybridized carbons (Fsp3) is 0.476. The summed E-state index contributed by atoms with van der Waals surface area (Å²) in [5.41, 5.74) is 2.00. The minimum Gasteiger partial charge on any atom is -0.376 e. The molecule has 0 aliphatic carbocycles. The summed E-state index contributed by atoms with van der Waals surface area (Å²) in [5.74, 6) is 3.77. The molecule has 1 fully saturated rings. The summed E-state index contributed by atoms with van der Waals surface area (Å²) >= 11 is 0. The molecule has 148 valence electrons. The van der Waals surface area contributed by atoms with E-state index in [9.17, 15) is 4.79 Å². The zero-order chi connectivity index (χ0) is 19.8. The van der Waals surface area contributed by atoms with Gasteiger partial charge in [-0.1, -0.05) is 30.1 Å². The van der Waals surface area contributed by atoms with Crippen LogP contribution in [0.2, 0.25) is 0 Å². The molecule has 1 aromatic heterocycles. The van der Waals surface area contributed by atoms with Crippen LogP contribution in [0.4, 0.5) is 4.79 Å². The van der Waals surface area contributed by atoms with Gasteiger partial charge in [0.1, 0.15) is 0 Å². The molecule has 2 aromatic rings. The van der Waals surface area contributed by atoms with Crippen molar-refractivity contribution in [1.82, 2.24) is 20.4 Å². The number of benzene rings is 1. The van der Waals surface area contributed by atoms with E-state index in [-0.39, 0.29) is 18.7 Å². The van der Waals surface area contributed by atoms with Crippen LogP contribution in [0, 0.1) is 12.3 Å². The SMILES string of the molecule is C#CCN(C[C@H]1CCCO1)C(=O)NCCc1ccc(-c2nc(CC)no2)cc1. The smallest absolute Gasteiger partial charge is 0.318 e. The number of hydrogen-bond acceptors (Lipinski definition) is 5. The second-order valence-corrected chi connectivity index (χ2v) is 6.77. The van der Waals surface area contributed by atoms with Crippen molar-refractivity contribution in [2.45, 2.75) is 38.7 Å². The van der Waals surface area contributed by atoms with Gasteiger partial charge in [0.2, 0.25) is 0 Å². The second kappa shape index (κ2) is 9.90. The number of ether oxygens (including phenoxy) is 1. The van der Waals surface area contributed by atoms with Crippen LogP contribution in [-0.2, 0) is 17.6 Å². The molecule has 1 N–H and O–H groups in total. The summed E-state index contributed by atoms with van der Waals surface area (Å²) in [6, 6.07) is 7.76. The molecule has 0 radical (unpaired) electrons. The highest BCUT2D eigenvalue weighted by Crippen LogP contribution is 2.18. The molecule has 1 aliphatic rings. The summed E-state index contributed by atoms with van der Waals surface area (Å²) in [5, 5.41) is 6.85. The number of nitrogens with one attached hydrogen (secondary N) is 1.